The molecule has 2 aromatic carbocycles. The summed E-state index contributed by atoms with van der Waals surface area (Å²) in [5, 5.41) is 0. The van der Waals surface area contributed by atoms with E-state index in [1.807, 2.05) is 30.3 Å². The van der Waals surface area contributed by atoms with E-state index < -0.39 is 0 Å². The molecule has 0 N–H and O–H groups in total. The van der Waals surface area contributed by atoms with Gasteiger partial charge in [0.2, 0.25) is 11.8 Å². The molecule has 0 unspecified atom stereocenters. The van der Waals surface area contributed by atoms with E-state index in [0.717, 1.165) is 5.56 Å². The second-order valence-corrected chi connectivity index (χ2v) is 5.57. The van der Waals surface area contributed by atoms with Crippen molar-refractivity contribution in [3.05, 3.63) is 65.5 Å². The fourth-order valence-corrected chi connectivity index (χ4v) is 2.83. The summed E-state index contributed by atoms with van der Waals surface area (Å²) in [6, 6.07) is 13.9. The Morgan fingerprint density at radius 2 is 1.64 bits per heavy atom. The molecule has 1 aliphatic heterocycles. The number of anilines is 1. The number of carbonyl (C=O) groups excluding carboxylic acids is 2. The van der Waals surface area contributed by atoms with E-state index >= 15 is 0 Å². The molecule has 0 saturated carbocycles. The molecule has 1 fully saturated rings. The van der Waals surface area contributed by atoms with Crippen molar-refractivity contribution >= 4 is 17.5 Å². The van der Waals surface area contributed by atoms with Crippen molar-refractivity contribution in [2.75, 3.05) is 4.90 Å². The highest BCUT2D eigenvalue weighted by atomic mass is 19.1. The average molecular weight is 297 g/mol. The van der Waals surface area contributed by atoms with Crippen LogP contribution < -0.4 is 4.90 Å². The number of imide groups is 1. The molecule has 0 radical (unpaired) electrons. The summed E-state index contributed by atoms with van der Waals surface area (Å²) in [5.41, 5.74) is 1.86. The van der Waals surface area contributed by atoms with Crippen LogP contribution in [0.3, 0.4) is 0 Å². The van der Waals surface area contributed by atoms with Crippen molar-refractivity contribution in [2.24, 2.45) is 0 Å². The third-order valence-corrected chi connectivity index (χ3v) is 4.01. The third-order valence-electron chi connectivity index (χ3n) is 4.01. The van der Waals surface area contributed by atoms with Crippen LogP contribution in [0.2, 0.25) is 0 Å². The summed E-state index contributed by atoms with van der Waals surface area (Å²) in [5.74, 6) is -0.908. The summed E-state index contributed by atoms with van der Waals surface area (Å²) < 4.78 is 13.4. The van der Waals surface area contributed by atoms with Gasteiger partial charge in [0, 0.05) is 18.8 Å². The van der Waals surface area contributed by atoms with Crippen molar-refractivity contribution < 1.29 is 14.0 Å². The number of hydrogen-bond donors (Lipinski definition) is 0. The van der Waals surface area contributed by atoms with Crippen LogP contribution in [0, 0.1) is 12.7 Å². The first-order valence-corrected chi connectivity index (χ1v) is 7.23. The van der Waals surface area contributed by atoms with Crippen LogP contribution in [0.5, 0.6) is 0 Å². The van der Waals surface area contributed by atoms with Crippen molar-refractivity contribution in [3.8, 4) is 0 Å². The van der Waals surface area contributed by atoms with Crippen LogP contribution in [-0.2, 0) is 9.59 Å². The predicted octanol–water partition coefficient (Wildman–Crippen LogP) is 3.57. The van der Waals surface area contributed by atoms with Gasteiger partial charge < -0.3 is 0 Å². The molecule has 2 aromatic rings. The first-order valence-electron chi connectivity index (χ1n) is 7.23. The van der Waals surface area contributed by atoms with Gasteiger partial charge >= 0.3 is 0 Å². The van der Waals surface area contributed by atoms with E-state index in [-0.39, 0.29) is 36.4 Å². The molecular formula is C18H16FNO2. The number of benzene rings is 2. The van der Waals surface area contributed by atoms with Crippen LogP contribution in [0.1, 0.15) is 29.9 Å². The summed E-state index contributed by atoms with van der Waals surface area (Å²) >= 11 is 0. The van der Waals surface area contributed by atoms with E-state index in [1.54, 1.807) is 6.92 Å². The summed E-state index contributed by atoms with van der Waals surface area (Å²) in [6.45, 7) is 1.62. The molecule has 0 spiro atoms. The van der Waals surface area contributed by atoms with Crippen LogP contribution in [0.15, 0.2) is 48.5 Å². The van der Waals surface area contributed by atoms with E-state index in [0.29, 0.717) is 11.3 Å². The number of hydrogen-bond acceptors (Lipinski definition) is 2. The number of piperidine rings is 1. The second-order valence-electron chi connectivity index (χ2n) is 5.57. The number of aryl methyl sites for hydroxylation is 1. The fourth-order valence-electron chi connectivity index (χ4n) is 2.83. The Morgan fingerprint density at radius 3 is 2.23 bits per heavy atom. The molecule has 3 nitrogen and oxygen atoms in total. The van der Waals surface area contributed by atoms with Gasteiger partial charge in [0.25, 0.3) is 0 Å². The van der Waals surface area contributed by atoms with Crippen molar-refractivity contribution in [2.45, 2.75) is 25.7 Å². The van der Waals surface area contributed by atoms with Gasteiger partial charge in [0.15, 0.2) is 0 Å². The number of nitrogens with zero attached hydrogens (tertiary/aromatic N) is 1. The highest BCUT2D eigenvalue weighted by Crippen LogP contribution is 2.32. The zero-order valence-corrected chi connectivity index (χ0v) is 12.3. The van der Waals surface area contributed by atoms with Gasteiger partial charge in [0.1, 0.15) is 5.82 Å². The molecule has 22 heavy (non-hydrogen) atoms. The Bertz CT molecular complexity index is 709. The standard InChI is InChI=1S/C18H16FNO2/c1-12-9-15(7-8-16(12)19)20-17(21)10-14(11-18(20)22)13-5-3-2-4-6-13/h2-9,14H,10-11H2,1H3. The molecule has 4 heteroatoms. The molecular weight excluding hydrogens is 281 g/mol. The van der Waals surface area contributed by atoms with E-state index in [9.17, 15) is 14.0 Å². The molecule has 0 aliphatic carbocycles. The van der Waals surface area contributed by atoms with Crippen LogP contribution in [-0.4, -0.2) is 11.8 Å². The highest BCUT2D eigenvalue weighted by Gasteiger charge is 2.34. The quantitative estimate of drug-likeness (QED) is 0.795. The van der Waals surface area contributed by atoms with E-state index in [1.165, 1.54) is 23.1 Å². The van der Waals surface area contributed by atoms with Gasteiger partial charge in [-0.1, -0.05) is 30.3 Å². The lowest BCUT2D eigenvalue weighted by atomic mass is 9.88. The number of rotatable bonds is 2. The van der Waals surface area contributed by atoms with Gasteiger partial charge in [0.05, 0.1) is 5.69 Å². The Morgan fingerprint density at radius 1 is 1.00 bits per heavy atom. The van der Waals surface area contributed by atoms with Crippen molar-refractivity contribution in [1.29, 1.82) is 0 Å². The lowest BCUT2D eigenvalue weighted by Crippen LogP contribution is -2.42. The molecule has 2 amide bonds. The number of amides is 2. The average Bonchev–Trinajstić information content (AvgIpc) is 2.51. The summed E-state index contributed by atoms with van der Waals surface area (Å²) in [4.78, 5) is 26.0. The van der Waals surface area contributed by atoms with Gasteiger partial charge in [-0.25, -0.2) is 4.39 Å². The zero-order chi connectivity index (χ0) is 15.7. The largest absolute Gasteiger partial charge is 0.274 e. The minimum Gasteiger partial charge on any atom is -0.274 e. The van der Waals surface area contributed by atoms with Gasteiger partial charge in [-0.3, -0.25) is 14.5 Å². The monoisotopic (exact) mass is 297 g/mol. The van der Waals surface area contributed by atoms with Crippen LogP contribution in [0.25, 0.3) is 0 Å². The fraction of sp³-hybridized carbons (Fsp3) is 0.222. The molecule has 112 valence electrons. The predicted molar refractivity (Wildman–Crippen MR) is 82.0 cm³/mol. The first-order chi connectivity index (χ1) is 10.6. The molecule has 1 aliphatic rings. The molecule has 0 atom stereocenters. The molecule has 0 bridgehead atoms. The van der Waals surface area contributed by atoms with Gasteiger partial charge in [-0.15, -0.1) is 0 Å². The lowest BCUT2D eigenvalue weighted by Gasteiger charge is -2.30. The minimum atomic E-state index is -0.345. The summed E-state index contributed by atoms with van der Waals surface area (Å²) in [6.07, 6.45) is 0.568. The summed E-state index contributed by atoms with van der Waals surface area (Å²) in [7, 11) is 0. The molecule has 0 aromatic heterocycles. The SMILES string of the molecule is Cc1cc(N2C(=O)CC(c3ccccc3)CC2=O)ccc1F. The smallest absolute Gasteiger partial charge is 0.234 e. The van der Waals surface area contributed by atoms with Crippen molar-refractivity contribution in [1.82, 2.24) is 0 Å². The third kappa shape index (κ3) is 2.64. The lowest BCUT2D eigenvalue weighted by molar-refractivity contribution is -0.129. The Balaban J connectivity index is 1.86. The van der Waals surface area contributed by atoms with Crippen LogP contribution >= 0.6 is 0 Å². The minimum absolute atomic E-state index is 0.0843. The second kappa shape index (κ2) is 5.72. The topological polar surface area (TPSA) is 37.4 Å². The van der Waals surface area contributed by atoms with E-state index in [4.69, 9.17) is 0 Å². The Kier molecular flexibility index (Phi) is 3.75. The number of halogens is 1. The van der Waals surface area contributed by atoms with E-state index in [2.05, 4.69) is 0 Å². The first kappa shape index (κ1) is 14.4. The molecule has 3 rings (SSSR count). The Labute approximate surface area is 128 Å². The van der Waals surface area contributed by atoms with Gasteiger partial charge in [-0.05, 0) is 36.2 Å². The van der Waals surface area contributed by atoms with Crippen molar-refractivity contribution in [3.63, 3.8) is 0 Å². The number of carbonyl (C=O) groups is 2. The Hall–Kier alpha value is -2.49. The molecule has 1 heterocycles. The highest BCUT2D eigenvalue weighted by molar-refractivity contribution is 6.17. The maximum atomic E-state index is 13.4. The van der Waals surface area contributed by atoms with Gasteiger partial charge in [-0.2, -0.15) is 0 Å². The maximum absolute atomic E-state index is 13.4. The molecule has 1 saturated heterocycles. The zero-order valence-electron chi connectivity index (χ0n) is 12.3. The maximum Gasteiger partial charge on any atom is 0.234 e. The normalized spacial score (nSPS) is 16.2. The van der Waals surface area contributed by atoms with Crippen LogP contribution in [0.4, 0.5) is 10.1 Å².